The molecule has 40 heavy (non-hydrogen) atoms. The molecular formula is C35H35N3O2. The second-order valence-electron chi connectivity index (χ2n) is 11.4. The van der Waals surface area contributed by atoms with Crippen molar-refractivity contribution in [3.8, 4) is 0 Å². The predicted octanol–water partition coefficient (Wildman–Crippen LogP) is 8.11. The number of rotatable bonds is 6. The van der Waals surface area contributed by atoms with E-state index in [2.05, 4.69) is 63.5 Å². The number of hydrogen-bond acceptors (Lipinski definition) is 2. The second kappa shape index (κ2) is 10.9. The molecule has 5 nitrogen and oxygen atoms in total. The molecule has 0 spiro atoms. The second-order valence-corrected chi connectivity index (χ2v) is 11.4. The highest BCUT2D eigenvalue weighted by Crippen LogP contribution is 2.27. The number of anilines is 2. The van der Waals surface area contributed by atoms with Crippen molar-refractivity contribution in [2.24, 2.45) is 0 Å². The van der Waals surface area contributed by atoms with Gasteiger partial charge in [-0.1, -0.05) is 74.9 Å². The summed E-state index contributed by atoms with van der Waals surface area (Å²) in [4.78, 5) is 26.5. The lowest BCUT2D eigenvalue weighted by Crippen LogP contribution is -2.17. The molecule has 202 valence electrons. The van der Waals surface area contributed by atoms with Crippen LogP contribution in [0.15, 0.2) is 97.1 Å². The third-order valence-electron chi connectivity index (χ3n) is 7.27. The molecular weight excluding hydrogens is 494 g/mol. The SMILES string of the molecule is Cc1ccc(C)c(Cn2c(C(=O)Nc3ccccc3)cc3cc(NC(=O)c4ccc(C(C)(C)C)cc4)ccc32)c1. The van der Waals surface area contributed by atoms with Crippen LogP contribution >= 0.6 is 0 Å². The Labute approximate surface area is 235 Å². The van der Waals surface area contributed by atoms with Crippen LogP contribution in [-0.4, -0.2) is 16.4 Å². The Kier molecular flexibility index (Phi) is 7.31. The van der Waals surface area contributed by atoms with Gasteiger partial charge in [-0.05, 0) is 84.5 Å². The number of para-hydroxylation sites is 1. The monoisotopic (exact) mass is 529 g/mol. The molecule has 1 aromatic heterocycles. The summed E-state index contributed by atoms with van der Waals surface area (Å²) in [5, 5.41) is 6.93. The molecule has 0 aliphatic carbocycles. The number of aromatic nitrogens is 1. The Morgan fingerprint density at radius 3 is 2.12 bits per heavy atom. The van der Waals surface area contributed by atoms with Gasteiger partial charge in [-0.3, -0.25) is 9.59 Å². The minimum atomic E-state index is -0.183. The summed E-state index contributed by atoms with van der Waals surface area (Å²) in [5.41, 5.74) is 8.19. The number of fused-ring (bicyclic) bond motifs is 1. The summed E-state index contributed by atoms with van der Waals surface area (Å²) in [6, 6.07) is 31.2. The molecule has 2 N–H and O–H groups in total. The molecule has 0 bridgehead atoms. The lowest BCUT2D eigenvalue weighted by atomic mass is 9.87. The van der Waals surface area contributed by atoms with E-state index in [0.29, 0.717) is 23.5 Å². The molecule has 1 heterocycles. The Hall–Kier alpha value is -4.64. The number of amides is 2. The Morgan fingerprint density at radius 1 is 0.725 bits per heavy atom. The molecule has 5 rings (SSSR count). The fourth-order valence-corrected chi connectivity index (χ4v) is 4.89. The Morgan fingerprint density at radius 2 is 1.43 bits per heavy atom. The summed E-state index contributed by atoms with van der Waals surface area (Å²) >= 11 is 0. The summed E-state index contributed by atoms with van der Waals surface area (Å²) in [6.45, 7) is 11.2. The van der Waals surface area contributed by atoms with Crippen molar-refractivity contribution in [3.63, 3.8) is 0 Å². The van der Waals surface area contributed by atoms with Crippen LogP contribution in [-0.2, 0) is 12.0 Å². The van der Waals surface area contributed by atoms with Crippen molar-refractivity contribution >= 4 is 34.1 Å². The van der Waals surface area contributed by atoms with E-state index in [9.17, 15) is 9.59 Å². The van der Waals surface area contributed by atoms with Crippen molar-refractivity contribution in [2.45, 2.75) is 46.6 Å². The maximum atomic E-state index is 13.5. The highest BCUT2D eigenvalue weighted by atomic mass is 16.2. The van der Waals surface area contributed by atoms with Crippen molar-refractivity contribution in [2.75, 3.05) is 10.6 Å². The number of carbonyl (C=O) groups excluding carboxylic acids is 2. The first kappa shape index (κ1) is 26.9. The normalized spacial score (nSPS) is 11.4. The summed E-state index contributed by atoms with van der Waals surface area (Å²) in [6.07, 6.45) is 0. The number of nitrogens with zero attached hydrogens (tertiary/aromatic N) is 1. The van der Waals surface area contributed by atoms with E-state index in [-0.39, 0.29) is 17.2 Å². The van der Waals surface area contributed by atoms with Crippen molar-refractivity contribution < 1.29 is 9.59 Å². The van der Waals surface area contributed by atoms with Crippen LogP contribution in [0.1, 0.15) is 63.9 Å². The number of benzene rings is 4. The predicted molar refractivity (Wildman–Crippen MR) is 164 cm³/mol. The largest absolute Gasteiger partial charge is 0.332 e. The van der Waals surface area contributed by atoms with Crippen LogP contribution in [0.5, 0.6) is 0 Å². The van der Waals surface area contributed by atoms with E-state index >= 15 is 0 Å². The number of carbonyl (C=O) groups is 2. The minimum Gasteiger partial charge on any atom is -0.332 e. The molecule has 5 aromatic rings. The zero-order valence-electron chi connectivity index (χ0n) is 23.7. The smallest absolute Gasteiger partial charge is 0.272 e. The van der Waals surface area contributed by atoms with Gasteiger partial charge in [0.05, 0.1) is 0 Å². The molecule has 0 aliphatic rings. The molecule has 0 saturated carbocycles. The number of hydrogen-bond donors (Lipinski definition) is 2. The van der Waals surface area contributed by atoms with Gasteiger partial charge in [0, 0.05) is 34.4 Å². The molecule has 2 amide bonds. The first-order valence-corrected chi connectivity index (χ1v) is 13.6. The highest BCUT2D eigenvalue weighted by Gasteiger charge is 2.19. The zero-order chi connectivity index (χ0) is 28.4. The van der Waals surface area contributed by atoms with E-state index in [4.69, 9.17) is 0 Å². The van der Waals surface area contributed by atoms with E-state index in [1.54, 1.807) is 0 Å². The third-order valence-corrected chi connectivity index (χ3v) is 7.27. The molecule has 0 saturated heterocycles. The Bertz CT molecular complexity index is 1690. The van der Waals surface area contributed by atoms with E-state index in [1.807, 2.05) is 83.4 Å². The molecule has 4 aromatic carbocycles. The van der Waals surface area contributed by atoms with Gasteiger partial charge < -0.3 is 15.2 Å². The average Bonchev–Trinajstić information content (AvgIpc) is 3.28. The topological polar surface area (TPSA) is 63.1 Å². The average molecular weight is 530 g/mol. The van der Waals surface area contributed by atoms with Crippen molar-refractivity contribution in [3.05, 3.63) is 131 Å². The molecule has 0 fully saturated rings. The molecule has 0 atom stereocenters. The van der Waals surface area contributed by atoms with Gasteiger partial charge in [0.25, 0.3) is 11.8 Å². The zero-order valence-corrected chi connectivity index (χ0v) is 23.7. The van der Waals surface area contributed by atoms with Crippen LogP contribution in [0.3, 0.4) is 0 Å². The fraction of sp³-hybridized carbons (Fsp3) is 0.200. The van der Waals surface area contributed by atoms with E-state index < -0.39 is 0 Å². The van der Waals surface area contributed by atoms with Gasteiger partial charge in [-0.15, -0.1) is 0 Å². The van der Waals surface area contributed by atoms with Gasteiger partial charge in [0.2, 0.25) is 0 Å². The van der Waals surface area contributed by atoms with Gasteiger partial charge >= 0.3 is 0 Å². The van der Waals surface area contributed by atoms with Crippen molar-refractivity contribution in [1.82, 2.24) is 4.57 Å². The first-order chi connectivity index (χ1) is 19.1. The Balaban J connectivity index is 1.48. The maximum Gasteiger partial charge on any atom is 0.272 e. The van der Waals surface area contributed by atoms with Gasteiger partial charge in [0.15, 0.2) is 0 Å². The van der Waals surface area contributed by atoms with Crippen molar-refractivity contribution in [1.29, 1.82) is 0 Å². The molecule has 0 radical (unpaired) electrons. The fourth-order valence-electron chi connectivity index (χ4n) is 4.89. The summed E-state index contributed by atoms with van der Waals surface area (Å²) < 4.78 is 2.05. The molecule has 0 aliphatic heterocycles. The van der Waals surface area contributed by atoms with E-state index in [0.717, 1.165) is 22.2 Å². The van der Waals surface area contributed by atoms with Crippen LogP contribution in [0.2, 0.25) is 0 Å². The summed E-state index contributed by atoms with van der Waals surface area (Å²) in [7, 11) is 0. The lowest BCUT2D eigenvalue weighted by molar-refractivity contribution is 0.101. The number of aryl methyl sites for hydroxylation is 2. The summed E-state index contributed by atoms with van der Waals surface area (Å²) in [5.74, 6) is -0.353. The standard InChI is InChI=1S/C35H35N3O2/c1-23-11-12-24(2)27(19-23)22-38-31-18-17-30(37-33(39)25-13-15-28(16-14-25)35(3,4)5)20-26(31)21-32(38)34(40)36-29-9-7-6-8-10-29/h6-21H,22H2,1-5H3,(H,36,40)(H,37,39). The third kappa shape index (κ3) is 5.84. The quantitative estimate of drug-likeness (QED) is 0.233. The molecule has 5 heteroatoms. The first-order valence-electron chi connectivity index (χ1n) is 13.6. The van der Waals surface area contributed by atoms with Crippen LogP contribution in [0.4, 0.5) is 11.4 Å². The highest BCUT2D eigenvalue weighted by molar-refractivity contribution is 6.08. The van der Waals surface area contributed by atoms with Crippen LogP contribution in [0.25, 0.3) is 10.9 Å². The lowest BCUT2D eigenvalue weighted by Gasteiger charge is -2.19. The number of nitrogens with one attached hydrogen (secondary N) is 2. The van der Waals surface area contributed by atoms with Crippen LogP contribution < -0.4 is 10.6 Å². The van der Waals surface area contributed by atoms with E-state index in [1.165, 1.54) is 16.7 Å². The van der Waals surface area contributed by atoms with Gasteiger partial charge in [-0.2, -0.15) is 0 Å². The maximum absolute atomic E-state index is 13.5. The minimum absolute atomic E-state index is 0.0225. The molecule has 0 unspecified atom stereocenters. The van der Waals surface area contributed by atoms with Crippen LogP contribution in [0, 0.1) is 13.8 Å². The van der Waals surface area contributed by atoms with Gasteiger partial charge in [-0.25, -0.2) is 0 Å². The van der Waals surface area contributed by atoms with Gasteiger partial charge in [0.1, 0.15) is 5.69 Å².